The smallest absolute Gasteiger partial charge is 0.411 e. The number of hydrogen-bond acceptors (Lipinski definition) is 4. The highest BCUT2D eigenvalue weighted by molar-refractivity contribution is 5.84. The molecule has 1 aromatic heterocycles. The summed E-state index contributed by atoms with van der Waals surface area (Å²) in [6, 6.07) is 7.40. The molecule has 2 rings (SSSR count). The Kier molecular flexibility index (Phi) is 4.98. The van der Waals surface area contributed by atoms with E-state index in [0.717, 1.165) is 11.3 Å². The molecule has 2 N–H and O–H groups in total. The Bertz CT molecular complexity index is 604. The van der Waals surface area contributed by atoms with E-state index in [2.05, 4.69) is 22.3 Å². The zero-order valence-corrected chi connectivity index (χ0v) is 11.9. The number of anilines is 2. The lowest BCUT2D eigenvalue weighted by Gasteiger charge is -2.07. The van der Waals surface area contributed by atoms with Gasteiger partial charge in [-0.2, -0.15) is 5.10 Å². The molecule has 2 aromatic rings. The van der Waals surface area contributed by atoms with Crippen molar-refractivity contribution in [3.8, 4) is 0 Å². The summed E-state index contributed by atoms with van der Waals surface area (Å²) >= 11 is 0. The molecule has 1 heterocycles. The van der Waals surface area contributed by atoms with Gasteiger partial charge in [-0.05, 0) is 31.2 Å². The highest BCUT2D eigenvalue weighted by Gasteiger charge is 2.02. The topological polar surface area (TPSA) is 68.2 Å². The van der Waals surface area contributed by atoms with E-state index in [4.69, 9.17) is 4.74 Å². The normalized spacial score (nSPS) is 9.95. The van der Waals surface area contributed by atoms with Crippen molar-refractivity contribution in [1.82, 2.24) is 9.78 Å². The quantitative estimate of drug-likeness (QED) is 0.856. The molecule has 0 aliphatic carbocycles. The summed E-state index contributed by atoms with van der Waals surface area (Å²) in [5.41, 5.74) is 2.71. The number of aromatic nitrogens is 2. The van der Waals surface area contributed by atoms with E-state index < -0.39 is 6.09 Å². The van der Waals surface area contributed by atoms with Crippen molar-refractivity contribution < 1.29 is 9.53 Å². The van der Waals surface area contributed by atoms with Crippen LogP contribution in [0, 0.1) is 0 Å². The van der Waals surface area contributed by atoms with Crippen LogP contribution < -0.4 is 10.6 Å². The van der Waals surface area contributed by atoms with Gasteiger partial charge in [0.25, 0.3) is 0 Å². The van der Waals surface area contributed by atoms with Crippen LogP contribution in [0.1, 0.15) is 12.5 Å². The van der Waals surface area contributed by atoms with Crippen LogP contribution in [0.25, 0.3) is 6.20 Å². The van der Waals surface area contributed by atoms with Crippen LogP contribution in [-0.4, -0.2) is 22.5 Å². The second-order valence-corrected chi connectivity index (χ2v) is 4.29. The molecule has 0 fully saturated rings. The van der Waals surface area contributed by atoms with Crippen LogP contribution in [0.5, 0.6) is 0 Å². The molecule has 0 aliphatic heterocycles. The van der Waals surface area contributed by atoms with Crippen LogP contribution in [0.4, 0.5) is 16.2 Å². The lowest BCUT2D eigenvalue weighted by Crippen LogP contribution is -2.13. The first-order valence-corrected chi connectivity index (χ1v) is 6.64. The Hall–Kier alpha value is -2.76. The van der Waals surface area contributed by atoms with E-state index in [0.29, 0.717) is 18.8 Å². The number of hydrogen-bond donors (Lipinski definition) is 2. The SMILES string of the molecule is C=Cn1cc(CNc2ccc(NC(=O)OCC)cc2)cn1. The molecular weight excluding hydrogens is 268 g/mol. The first-order valence-electron chi connectivity index (χ1n) is 6.64. The van der Waals surface area contributed by atoms with Crippen molar-refractivity contribution in [3.63, 3.8) is 0 Å². The predicted octanol–water partition coefficient (Wildman–Crippen LogP) is 3.16. The Labute approximate surface area is 123 Å². The summed E-state index contributed by atoms with van der Waals surface area (Å²) < 4.78 is 6.47. The number of ether oxygens (including phenoxy) is 1. The zero-order valence-electron chi connectivity index (χ0n) is 11.9. The van der Waals surface area contributed by atoms with Crippen molar-refractivity contribution in [1.29, 1.82) is 0 Å². The maximum atomic E-state index is 11.3. The fourth-order valence-electron chi connectivity index (χ4n) is 1.73. The Morgan fingerprint density at radius 2 is 2.10 bits per heavy atom. The summed E-state index contributed by atoms with van der Waals surface area (Å²) in [6.45, 7) is 6.43. The van der Waals surface area contributed by atoms with Gasteiger partial charge in [-0.25, -0.2) is 9.48 Å². The number of nitrogens with zero attached hydrogens (tertiary/aromatic N) is 2. The summed E-state index contributed by atoms with van der Waals surface area (Å²) in [5.74, 6) is 0. The summed E-state index contributed by atoms with van der Waals surface area (Å²) in [7, 11) is 0. The van der Waals surface area contributed by atoms with E-state index in [1.54, 1.807) is 24.0 Å². The highest BCUT2D eigenvalue weighted by Crippen LogP contribution is 2.14. The molecule has 21 heavy (non-hydrogen) atoms. The molecule has 0 unspecified atom stereocenters. The maximum absolute atomic E-state index is 11.3. The van der Waals surface area contributed by atoms with E-state index in [9.17, 15) is 4.79 Å². The number of rotatable bonds is 6. The molecule has 0 aliphatic rings. The third-order valence-electron chi connectivity index (χ3n) is 2.75. The van der Waals surface area contributed by atoms with Gasteiger partial charge in [-0.1, -0.05) is 6.58 Å². The molecule has 0 saturated carbocycles. The zero-order chi connectivity index (χ0) is 15.1. The minimum Gasteiger partial charge on any atom is -0.450 e. The van der Waals surface area contributed by atoms with Gasteiger partial charge in [-0.15, -0.1) is 0 Å². The molecule has 0 bridgehead atoms. The lowest BCUT2D eigenvalue weighted by atomic mass is 10.2. The van der Waals surface area contributed by atoms with Gasteiger partial charge in [0.1, 0.15) is 0 Å². The standard InChI is InChI=1S/C15H18N4O2/c1-3-19-11-12(10-17-19)9-16-13-5-7-14(8-6-13)18-15(20)21-4-2/h3,5-8,10-11,16H,1,4,9H2,2H3,(H,18,20). The fraction of sp³-hybridized carbons (Fsp3) is 0.200. The minimum atomic E-state index is -0.449. The fourth-order valence-corrected chi connectivity index (χ4v) is 1.73. The van der Waals surface area contributed by atoms with Gasteiger partial charge in [-0.3, -0.25) is 5.32 Å². The first-order chi connectivity index (χ1) is 10.2. The lowest BCUT2D eigenvalue weighted by molar-refractivity contribution is 0.168. The van der Waals surface area contributed by atoms with E-state index in [-0.39, 0.29) is 0 Å². The molecular formula is C15H18N4O2. The van der Waals surface area contributed by atoms with Crippen molar-refractivity contribution in [2.75, 3.05) is 17.2 Å². The van der Waals surface area contributed by atoms with Crippen molar-refractivity contribution >= 4 is 23.7 Å². The molecule has 0 radical (unpaired) electrons. The summed E-state index contributed by atoms with van der Waals surface area (Å²) in [5, 5.41) is 10.0. The molecule has 0 spiro atoms. The highest BCUT2D eigenvalue weighted by atomic mass is 16.5. The van der Waals surface area contributed by atoms with Crippen molar-refractivity contribution in [3.05, 3.63) is 48.8 Å². The number of benzene rings is 1. The Morgan fingerprint density at radius 3 is 2.71 bits per heavy atom. The van der Waals surface area contributed by atoms with Crippen LogP contribution >= 0.6 is 0 Å². The van der Waals surface area contributed by atoms with Crippen molar-refractivity contribution in [2.24, 2.45) is 0 Å². The van der Waals surface area contributed by atoms with Crippen LogP contribution in [0.2, 0.25) is 0 Å². The molecule has 0 saturated heterocycles. The summed E-state index contributed by atoms with van der Waals surface area (Å²) in [4.78, 5) is 11.3. The van der Waals surface area contributed by atoms with Crippen LogP contribution in [-0.2, 0) is 11.3 Å². The van der Waals surface area contributed by atoms with Gasteiger partial charge >= 0.3 is 6.09 Å². The van der Waals surface area contributed by atoms with Crippen LogP contribution in [0.3, 0.4) is 0 Å². The maximum Gasteiger partial charge on any atom is 0.411 e. The van der Waals surface area contributed by atoms with Gasteiger partial charge in [0.15, 0.2) is 0 Å². The number of amides is 1. The van der Waals surface area contributed by atoms with E-state index in [1.165, 1.54) is 0 Å². The molecule has 110 valence electrons. The second-order valence-electron chi connectivity index (χ2n) is 4.29. The Balaban J connectivity index is 1.87. The van der Waals surface area contributed by atoms with Gasteiger partial charge in [0, 0.05) is 35.9 Å². The third kappa shape index (κ3) is 4.38. The number of carbonyl (C=O) groups is 1. The molecule has 6 heteroatoms. The van der Waals surface area contributed by atoms with Gasteiger partial charge in [0.2, 0.25) is 0 Å². The van der Waals surface area contributed by atoms with Gasteiger partial charge < -0.3 is 10.1 Å². The predicted molar refractivity (Wildman–Crippen MR) is 83.0 cm³/mol. The molecule has 0 atom stereocenters. The average molecular weight is 286 g/mol. The first kappa shape index (κ1) is 14.6. The molecule has 1 aromatic carbocycles. The second kappa shape index (κ2) is 7.14. The molecule has 1 amide bonds. The molecule has 6 nitrogen and oxygen atoms in total. The van der Waals surface area contributed by atoms with Gasteiger partial charge in [0.05, 0.1) is 12.8 Å². The third-order valence-corrected chi connectivity index (χ3v) is 2.75. The minimum absolute atomic E-state index is 0.351. The van der Waals surface area contributed by atoms with E-state index >= 15 is 0 Å². The number of carbonyl (C=O) groups excluding carboxylic acids is 1. The van der Waals surface area contributed by atoms with Crippen molar-refractivity contribution in [2.45, 2.75) is 13.5 Å². The largest absolute Gasteiger partial charge is 0.450 e. The number of nitrogens with one attached hydrogen (secondary N) is 2. The monoisotopic (exact) mass is 286 g/mol. The van der Waals surface area contributed by atoms with Crippen LogP contribution in [0.15, 0.2) is 43.2 Å². The Morgan fingerprint density at radius 1 is 1.38 bits per heavy atom. The summed E-state index contributed by atoms with van der Waals surface area (Å²) in [6.07, 6.45) is 4.87. The average Bonchev–Trinajstić information content (AvgIpc) is 2.95. The van der Waals surface area contributed by atoms with E-state index in [1.807, 2.05) is 30.5 Å².